The molecule has 1 aromatic heterocycles. The van der Waals surface area contributed by atoms with Crippen LogP contribution in [0.4, 0.5) is 18.9 Å². The van der Waals surface area contributed by atoms with Crippen LogP contribution in [0.25, 0.3) is 0 Å². The van der Waals surface area contributed by atoms with Gasteiger partial charge in [-0.3, -0.25) is 14.8 Å². The van der Waals surface area contributed by atoms with Crippen molar-refractivity contribution < 1.29 is 18.1 Å². The second kappa shape index (κ2) is 3.76. The van der Waals surface area contributed by atoms with Gasteiger partial charge < -0.3 is 0 Å². The van der Waals surface area contributed by atoms with Crippen molar-refractivity contribution in [2.45, 2.75) is 33.0 Å². The zero-order chi connectivity index (χ0) is 12.7. The number of rotatable bonds is 2. The van der Waals surface area contributed by atoms with Crippen LogP contribution in [0.5, 0.6) is 0 Å². The van der Waals surface area contributed by atoms with Gasteiger partial charge >= 0.3 is 11.9 Å². The van der Waals surface area contributed by atoms with Crippen molar-refractivity contribution in [3.05, 3.63) is 21.5 Å². The molecule has 8 heteroatoms. The first-order chi connectivity index (χ1) is 7.16. The molecule has 1 atom stereocenters. The minimum Gasteiger partial charge on any atom is -0.258 e. The quantitative estimate of drug-likeness (QED) is 0.586. The van der Waals surface area contributed by atoms with Gasteiger partial charge in [-0.15, -0.1) is 0 Å². The van der Waals surface area contributed by atoms with Gasteiger partial charge in [0.2, 0.25) is 0 Å². The Morgan fingerprint density at radius 1 is 1.44 bits per heavy atom. The predicted molar refractivity (Wildman–Crippen MR) is 49.1 cm³/mol. The van der Waals surface area contributed by atoms with Gasteiger partial charge in [0, 0.05) is 0 Å². The Bertz CT molecular complexity index is 425. The fraction of sp³-hybridized carbons (Fsp3) is 0.625. The van der Waals surface area contributed by atoms with Crippen LogP contribution in [-0.4, -0.2) is 20.9 Å². The molecule has 1 aromatic rings. The highest BCUT2D eigenvalue weighted by molar-refractivity contribution is 5.39. The summed E-state index contributed by atoms with van der Waals surface area (Å²) in [5, 5.41) is 14.2. The zero-order valence-corrected chi connectivity index (χ0v) is 8.87. The lowest BCUT2D eigenvalue weighted by atomic mass is 10.3. The lowest BCUT2D eigenvalue weighted by Gasteiger charge is -2.16. The van der Waals surface area contributed by atoms with E-state index < -0.39 is 17.1 Å². The first-order valence-electron chi connectivity index (χ1n) is 4.43. The van der Waals surface area contributed by atoms with Crippen LogP contribution in [0.15, 0.2) is 0 Å². The van der Waals surface area contributed by atoms with Crippen molar-refractivity contribution in [1.29, 1.82) is 0 Å². The second-order valence-electron chi connectivity index (χ2n) is 3.44. The Morgan fingerprint density at radius 2 is 1.94 bits per heavy atom. The Morgan fingerprint density at radius 3 is 2.25 bits per heavy atom. The lowest BCUT2D eigenvalue weighted by molar-refractivity contribution is -0.386. The van der Waals surface area contributed by atoms with Crippen molar-refractivity contribution in [1.82, 2.24) is 9.78 Å². The topological polar surface area (TPSA) is 61.0 Å². The molecule has 16 heavy (non-hydrogen) atoms. The van der Waals surface area contributed by atoms with E-state index >= 15 is 0 Å². The Hall–Kier alpha value is -1.60. The zero-order valence-electron chi connectivity index (χ0n) is 8.87. The van der Waals surface area contributed by atoms with Crippen molar-refractivity contribution in [3.63, 3.8) is 0 Å². The van der Waals surface area contributed by atoms with Gasteiger partial charge in [0.15, 0.2) is 0 Å². The lowest BCUT2D eigenvalue weighted by Crippen LogP contribution is -2.25. The highest BCUT2D eigenvalue weighted by Crippen LogP contribution is 2.33. The molecule has 0 saturated carbocycles. The number of aromatic nitrogens is 2. The van der Waals surface area contributed by atoms with E-state index in [1.54, 1.807) is 0 Å². The molecule has 0 aliphatic carbocycles. The summed E-state index contributed by atoms with van der Waals surface area (Å²) in [6.45, 7) is 3.47. The van der Waals surface area contributed by atoms with Gasteiger partial charge in [0.1, 0.15) is 17.4 Å². The molecule has 1 rings (SSSR count). The molecule has 0 aliphatic rings. The Labute approximate surface area is 89.0 Å². The van der Waals surface area contributed by atoms with Crippen LogP contribution in [0.1, 0.15) is 24.4 Å². The Balaban J connectivity index is 3.28. The van der Waals surface area contributed by atoms with E-state index in [0.29, 0.717) is 4.68 Å². The standard InChI is InChI=1S/C8H10F3N3O2/c1-4-7(14(15)16)5(2)13(12-4)6(3)8(9,10)11/h6H,1-3H3/t6-/m1/s1. The highest BCUT2D eigenvalue weighted by atomic mass is 19.4. The monoisotopic (exact) mass is 237 g/mol. The molecule has 0 radical (unpaired) electrons. The molecule has 1 heterocycles. The molecule has 0 spiro atoms. The maximum Gasteiger partial charge on any atom is 0.410 e. The number of halogens is 3. The molecule has 90 valence electrons. The van der Waals surface area contributed by atoms with E-state index in [-0.39, 0.29) is 17.1 Å². The molecule has 0 amide bonds. The average molecular weight is 237 g/mol. The number of aryl methyl sites for hydroxylation is 1. The summed E-state index contributed by atoms with van der Waals surface area (Å²) in [6.07, 6.45) is -4.48. The van der Waals surface area contributed by atoms with Gasteiger partial charge in [-0.05, 0) is 20.8 Å². The minimum atomic E-state index is -4.48. The fourth-order valence-corrected chi connectivity index (χ4v) is 1.43. The Kier molecular flexibility index (Phi) is 2.93. The van der Waals surface area contributed by atoms with E-state index in [0.717, 1.165) is 6.92 Å². The van der Waals surface area contributed by atoms with E-state index in [1.807, 2.05) is 0 Å². The van der Waals surface area contributed by atoms with Crippen LogP contribution < -0.4 is 0 Å². The van der Waals surface area contributed by atoms with Crippen molar-refractivity contribution in [2.24, 2.45) is 0 Å². The van der Waals surface area contributed by atoms with Gasteiger partial charge in [-0.2, -0.15) is 18.3 Å². The number of hydrogen-bond donors (Lipinski definition) is 0. The third kappa shape index (κ3) is 2.00. The second-order valence-corrected chi connectivity index (χ2v) is 3.44. The third-order valence-electron chi connectivity index (χ3n) is 2.31. The van der Waals surface area contributed by atoms with Crippen LogP contribution in [0.2, 0.25) is 0 Å². The summed E-state index contributed by atoms with van der Waals surface area (Å²) in [5.74, 6) is 0. The summed E-state index contributed by atoms with van der Waals surface area (Å²) in [4.78, 5) is 9.87. The first-order valence-corrected chi connectivity index (χ1v) is 4.43. The third-order valence-corrected chi connectivity index (χ3v) is 2.31. The normalized spacial score (nSPS) is 13.9. The summed E-state index contributed by atoms with van der Waals surface area (Å²) < 4.78 is 37.9. The molecular weight excluding hydrogens is 227 g/mol. The summed E-state index contributed by atoms with van der Waals surface area (Å²) >= 11 is 0. The molecule has 0 aliphatic heterocycles. The van der Waals surface area contributed by atoms with E-state index in [2.05, 4.69) is 5.10 Å². The summed E-state index contributed by atoms with van der Waals surface area (Å²) in [5.41, 5.74) is -0.470. The van der Waals surface area contributed by atoms with Gasteiger partial charge in [0.05, 0.1) is 4.92 Å². The van der Waals surface area contributed by atoms with E-state index in [9.17, 15) is 23.3 Å². The SMILES string of the molecule is Cc1nn([C@H](C)C(F)(F)F)c(C)c1[N+](=O)[O-]. The summed E-state index contributed by atoms with van der Waals surface area (Å²) in [7, 11) is 0. The van der Waals surface area contributed by atoms with Crippen LogP contribution >= 0.6 is 0 Å². The van der Waals surface area contributed by atoms with Crippen molar-refractivity contribution >= 4 is 5.69 Å². The average Bonchev–Trinajstić information content (AvgIpc) is 2.38. The molecule has 0 fully saturated rings. The van der Waals surface area contributed by atoms with Crippen molar-refractivity contribution in [2.75, 3.05) is 0 Å². The maximum atomic E-state index is 12.4. The van der Waals surface area contributed by atoms with Crippen LogP contribution in [0.3, 0.4) is 0 Å². The molecule has 0 aromatic carbocycles. The maximum absolute atomic E-state index is 12.4. The predicted octanol–water partition coefficient (Wildman–Crippen LogP) is 2.53. The van der Waals surface area contributed by atoms with Crippen LogP contribution in [-0.2, 0) is 0 Å². The molecule has 0 saturated heterocycles. The smallest absolute Gasteiger partial charge is 0.258 e. The first kappa shape index (κ1) is 12.5. The van der Waals surface area contributed by atoms with Gasteiger partial charge in [-0.25, -0.2) is 0 Å². The van der Waals surface area contributed by atoms with Crippen molar-refractivity contribution in [3.8, 4) is 0 Å². The molecule has 0 N–H and O–H groups in total. The molecule has 0 bridgehead atoms. The molecular formula is C8H10F3N3O2. The minimum absolute atomic E-state index is 0.0152. The molecule has 5 nitrogen and oxygen atoms in total. The number of nitro groups is 1. The van der Waals surface area contributed by atoms with Gasteiger partial charge in [-0.1, -0.05) is 0 Å². The van der Waals surface area contributed by atoms with E-state index in [4.69, 9.17) is 0 Å². The summed E-state index contributed by atoms with van der Waals surface area (Å²) in [6, 6.07) is -1.88. The van der Waals surface area contributed by atoms with Gasteiger partial charge in [0.25, 0.3) is 0 Å². The van der Waals surface area contributed by atoms with E-state index in [1.165, 1.54) is 13.8 Å². The van der Waals surface area contributed by atoms with Crippen LogP contribution in [0, 0.1) is 24.0 Å². The number of hydrogen-bond acceptors (Lipinski definition) is 3. The largest absolute Gasteiger partial charge is 0.410 e. The fourth-order valence-electron chi connectivity index (χ4n) is 1.43. The number of alkyl halides is 3. The molecule has 0 unspecified atom stereocenters. The highest BCUT2D eigenvalue weighted by Gasteiger charge is 2.40. The number of nitrogens with zero attached hydrogens (tertiary/aromatic N) is 3.